The molecule has 1 aliphatic heterocycles. The van der Waals surface area contributed by atoms with E-state index in [-0.39, 0.29) is 30.0 Å². The van der Waals surface area contributed by atoms with Crippen molar-refractivity contribution in [3.05, 3.63) is 29.3 Å². The van der Waals surface area contributed by atoms with Gasteiger partial charge in [0.05, 0.1) is 6.10 Å². The van der Waals surface area contributed by atoms with Crippen LogP contribution in [0.3, 0.4) is 0 Å². The minimum Gasteiger partial charge on any atom is -0.447 e. The zero-order valence-corrected chi connectivity index (χ0v) is 16.3. The summed E-state index contributed by atoms with van der Waals surface area (Å²) in [7, 11) is 0. The molecular weight excluding hydrogens is 397 g/mol. The number of hydrogen-bond donors (Lipinski definition) is 1. The molecule has 28 heavy (non-hydrogen) atoms. The molecule has 1 spiro atoms. The van der Waals surface area contributed by atoms with Gasteiger partial charge in [0.15, 0.2) is 0 Å². The van der Waals surface area contributed by atoms with Gasteiger partial charge in [-0.1, -0.05) is 11.6 Å². The summed E-state index contributed by atoms with van der Waals surface area (Å²) in [6.07, 6.45) is -4.81. The van der Waals surface area contributed by atoms with E-state index in [0.29, 0.717) is 18.1 Å². The van der Waals surface area contributed by atoms with E-state index in [0.717, 1.165) is 0 Å². The second-order valence-corrected chi connectivity index (χ2v) is 8.41. The maximum absolute atomic E-state index is 13.6. The minimum atomic E-state index is -4.64. The first-order chi connectivity index (χ1) is 13.0. The van der Waals surface area contributed by atoms with E-state index in [1.807, 2.05) is 0 Å². The molecule has 5 nitrogen and oxygen atoms in total. The Morgan fingerprint density at radius 1 is 1.21 bits per heavy atom. The van der Waals surface area contributed by atoms with Crippen molar-refractivity contribution < 1.29 is 27.5 Å². The van der Waals surface area contributed by atoms with Crippen LogP contribution in [0.1, 0.15) is 26.7 Å². The van der Waals surface area contributed by atoms with Gasteiger partial charge in [-0.3, -0.25) is 4.79 Å². The summed E-state index contributed by atoms with van der Waals surface area (Å²) in [6, 6.07) is 5.91. The average molecular weight is 419 g/mol. The molecule has 3 rings (SSSR count). The Morgan fingerprint density at radius 3 is 2.29 bits per heavy atom. The number of benzene rings is 1. The van der Waals surface area contributed by atoms with Crippen molar-refractivity contribution in [2.45, 2.75) is 39.0 Å². The Hall–Kier alpha value is -1.96. The van der Waals surface area contributed by atoms with Crippen molar-refractivity contribution in [1.82, 2.24) is 4.90 Å². The van der Waals surface area contributed by atoms with E-state index < -0.39 is 30.0 Å². The molecule has 154 valence electrons. The molecule has 2 aliphatic rings. The number of rotatable bonds is 4. The van der Waals surface area contributed by atoms with Crippen LogP contribution in [0.5, 0.6) is 0 Å². The molecule has 0 radical (unpaired) electrons. The van der Waals surface area contributed by atoms with E-state index in [2.05, 4.69) is 5.32 Å². The minimum absolute atomic E-state index is 0.246. The highest BCUT2D eigenvalue weighted by atomic mass is 35.5. The molecule has 0 bridgehead atoms. The van der Waals surface area contributed by atoms with Crippen LogP contribution in [-0.4, -0.2) is 42.3 Å². The number of anilines is 1. The van der Waals surface area contributed by atoms with Crippen LogP contribution in [0.25, 0.3) is 0 Å². The molecule has 1 saturated carbocycles. The number of likely N-dealkylation sites (tertiary alicyclic amines) is 1. The first kappa shape index (κ1) is 20.8. The molecule has 1 atom stereocenters. The number of alkyl halides is 3. The first-order valence-electron chi connectivity index (χ1n) is 9.08. The van der Waals surface area contributed by atoms with Crippen molar-refractivity contribution in [3.63, 3.8) is 0 Å². The molecule has 2 fully saturated rings. The van der Waals surface area contributed by atoms with E-state index in [9.17, 15) is 22.8 Å². The SMILES string of the molecule is CC(C)OC(=O)N1CC2(CC(C(C(=O)Nc3ccc(Cl)cc3)C(F)(F)F)C2)C1. The molecule has 0 aromatic heterocycles. The van der Waals surface area contributed by atoms with E-state index in [1.54, 1.807) is 13.8 Å². The summed E-state index contributed by atoms with van der Waals surface area (Å²) in [5.41, 5.74) is -0.0611. The topological polar surface area (TPSA) is 58.6 Å². The van der Waals surface area contributed by atoms with Gasteiger partial charge in [0.2, 0.25) is 5.91 Å². The number of amides is 2. The third kappa shape index (κ3) is 4.37. The Kier molecular flexibility index (Phi) is 5.53. The smallest absolute Gasteiger partial charge is 0.410 e. The Morgan fingerprint density at radius 2 is 1.79 bits per heavy atom. The lowest BCUT2D eigenvalue weighted by molar-refractivity contribution is -0.215. The standard InChI is InChI=1S/C19H22ClF3N2O3/c1-11(2)28-17(27)25-9-18(10-25)7-12(8-18)15(19(21,22)23)16(26)24-14-5-3-13(20)4-6-14/h3-6,11-12,15H,7-10H2,1-2H3,(H,24,26). The molecule has 9 heteroatoms. The normalized spacial score (nSPS) is 19.8. The molecule has 1 N–H and O–H groups in total. The van der Waals surface area contributed by atoms with Crippen LogP contribution in [0.4, 0.5) is 23.7 Å². The second-order valence-electron chi connectivity index (χ2n) is 7.97. The average Bonchev–Trinajstić information content (AvgIpc) is 2.48. The van der Waals surface area contributed by atoms with Crippen LogP contribution >= 0.6 is 11.6 Å². The third-order valence-corrected chi connectivity index (χ3v) is 5.51. The molecular formula is C19H22ClF3N2O3. The zero-order chi connectivity index (χ0) is 20.7. The third-order valence-electron chi connectivity index (χ3n) is 5.26. The summed E-state index contributed by atoms with van der Waals surface area (Å²) in [6.45, 7) is 4.22. The highest BCUT2D eigenvalue weighted by Gasteiger charge is 2.61. The van der Waals surface area contributed by atoms with E-state index in [4.69, 9.17) is 16.3 Å². The highest BCUT2D eigenvalue weighted by molar-refractivity contribution is 6.30. The fourth-order valence-electron chi connectivity index (χ4n) is 4.10. The zero-order valence-electron chi connectivity index (χ0n) is 15.6. The first-order valence-corrected chi connectivity index (χ1v) is 9.46. The number of nitrogens with zero attached hydrogens (tertiary/aromatic N) is 1. The number of nitrogens with one attached hydrogen (secondary N) is 1. The van der Waals surface area contributed by atoms with Gasteiger partial charge in [-0.05, 0) is 56.9 Å². The lowest BCUT2D eigenvalue weighted by atomic mass is 9.54. The van der Waals surface area contributed by atoms with Gasteiger partial charge in [-0.2, -0.15) is 13.2 Å². The van der Waals surface area contributed by atoms with Crippen LogP contribution < -0.4 is 5.32 Å². The van der Waals surface area contributed by atoms with Crippen LogP contribution in [0, 0.1) is 17.3 Å². The Balaban J connectivity index is 1.58. The van der Waals surface area contributed by atoms with Crippen LogP contribution in [0.2, 0.25) is 5.02 Å². The van der Waals surface area contributed by atoms with Gasteiger partial charge in [0.25, 0.3) is 0 Å². The van der Waals surface area contributed by atoms with Gasteiger partial charge in [0.1, 0.15) is 5.92 Å². The monoisotopic (exact) mass is 418 g/mol. The van der Waals surface area contributed by atoms with Gasteiger partial charge in [-0.15, -0.1) is 0 Å². The van der Waals surface area contributed by atoms with Crippen LogP contribution in [-0.2, 0) is 9.53 Å². The maximum atomic E-state index is 13.6. The molecule has 1 aliphatic carbocycles. The van der Waals surface area contributed by atoms with Gasteiger partial charge >= 0.3 is 12.3 Å². The fraction of sp³-hybridized carbons (Fsp3) is 0.579. The van der Waals surface area contributed by atoms with E-state index >= 15 is 0 Å². The van der Waals surface area contributed by atoms with Crippen molar-refractivity contribution in [1.29, 1.82) is 0 Å². The maximum Gasteiger partial charge on any atom is 0.410 e. The quantitative estimate of drug-likeness (QED) is 0.770. The molecule has 1 heterocycles. The molecule has 1 saturated heterocycles. The number of carbonyl (C=O) groups is 2. The van der Waals surface area contributed by atoms with Crippen molar-refractivity contribution in [3.8, 4) is 0 Å². The summed E-state index contributed by atoms with van der Waals surface area (Å²) in [5, 5.41) is 2.76. The number of halogens is 4. The second kappa shape index (κ2) is 7.46. The summed E-state index contributed by atoms with van der Waals surface area (Å²) >= 11 is 5.75. The van der Waals surface area contributed by atoms with Crippen molar-refractivity contribution in [2.24, 2.45) is 17.3 Å². The van der Waals surface area contributed by atoms with Crippen molar-refractivity contribution >= 4 is 29.3 Å². The van der Waals surface area contributed by atoms with Gasteiger partial charge < -0.3 is 15.0 Å². The molecule has 1 aromatic carbocycles. The molecule has 1 unspecified atom stereocenters. The van der Waals surface area contributed by atoms with Gasteiger partial charge in [0, 0.05) is 29.2 Å². The predicted octanol–water partition coefficient (Wildman–Crippen LogP) is 4.71. The Bertz CT molecular complexity index is 738. The molecule has 1 aromatic rings. The number of hydrogen-bond acceptors (Lipinski definition) is 3. The van der Waals surface area contributed by atoms with Crippen molar-refractivity contribution in [2.75, 3.05) is 18.4 Å². The predicted molar refractivity (Wildman–Crippen MR) is 98.0 cm³/mol. The van der Waals surface area contributed by atoms with Crippen LogP contribution in [0.15, 0.2) is 24.3 Å². The highest BCUT2D eigenvalue weighted by Crippen LogP contribution is 2.57. The van der Waals surface area contributed by atoms with E-state index in [1.165, 1.54) is 29.2 Å². The summed E-state index contributed by atoms with van der Waals surface area (Å²) in [5.74, 6) is -3.94. The fourth-order valence-corrected chi connectivity index (χ4v) is 4.22. The molecule has 2 amide bonds. The Labute approximate surface area is 166 Å². The lowest BCUT2D eigenvalue weighted by Gasteiger charge is -2.59. The summed E-state index contributed by atoms with van der Waals surface area (Å²) < 4.78 is 45.8. The lowest BCUT2D eigenvalue weighted by Crippen LogP contribution is -2.66. The number of carbonyl (C=O) groups excluding carboxylic acids is 2. The number of ether oxygens (including phenoxy) is 1. The summed E-state index contributed by atoms with van der Waals surface area (Å²) in [4.78, 5) is 25.7. The van der Waals surface area contributed by atoms with Gasteiger partial charge in [-0.25, -0.2) is 4.79 Å². The largest absolute Gasteiger partial charge is 0.447 e.